The highest BCUT2D eigenvalue weighted by molar-refractivity contribution is 7.99. The predicted octanol–water partition coefficient (Wildman–Crippen LogP) is 4.74. The molecule has 0 aliphatic heterocycles. The molecule has 4 aromatic rings. The van der Waals surface area contributed by atoms with Crippen molar-refractivity contribution in [3.05, 3.63) is 86.1 Å². The number of thioether (sulfide) groups is 1. The Hall–Kier alpha value is -2.75. The number of esters is 1. The predicted molar refractivity (Wildman–Crippen MR) is 131 cm³/mol. The minimum Gasteiger partial charge on any atom is -0.465 e. The van der Waals surface area contributed by atoms with Crippen LogP contribution >= 0.6 is 35.3 Å². The van der Waals surface area contributed by atoms with Gasteiger partial charge >= 0.3 is 5.97 Å². The summed E-state index contributed by atoms with van der Waals surface area (Å²) in [5, 5.41) is 0.467. The monoisotopic (exact) mass is 483 g/mol. The average molecular weight is 484 g/mol. The van der Waals surface area contributed by atoms with Crippen LogP contribution in [-0.4, -0.2) is 32.4 Å². The standard InChI is InChI=1S/C23H21N3O3S3/c1-2-29-18(27)15-31-22-24-20-19(21(28)26(22)14-17-11-7-4-8-12-17)32-23(30)25(20)13-16-9-5-3-6-10-16/h3-12H,2,13-15H2,1H3. The summed E-state index contributed by atoms with van der Waals surface area (Å²) in [4.78, 5) is 30.3. The average Bonchev–Trinajstić information content (AvgIpc) is 3.11. The SMILES string of the molecule is CCOC(=O)CSc1nc2c(sc(=S)n2Cc2ccccc2)c(=O)n1Cc1ccccc1. The molecule has 0 unspecified atom stereocenters. The Labute approximate surface area is 198 Å². The molecule has 0 spiro atoms. The van der Waals surface area contributed by atoms with Gasteiger partial charge in [0, 0.05) is 0 Å². The van der Waals surface area contributed by atoms with Crippen LogP contribution in [-0.2, 0) is 22.6 Å². The van der Waals surface area contributed by atoms with Gasteiger partial charge in [-0.25, -0.2) is 4.98 Å². The number of aromatic nitrogens is 3. The summed E-state index contributed by atoms with van der Waals surface area (Å²) in [7, 11) is 0. The van der Waals surface area contributed by atoms with E-state index < -0.39 is 0 Å². The van der Waals surface area contributed by atoms with Crippen LogP contribution in [0.1, 0.15) is 18.1 Å². The Morgan fingerprint density at radius 3 is 2.22 bits per heavy atom. The molecule has 32 heavy (non-hydrogen) atoms. The number of thiazole rings is 1. The van der Waals surface area contributed by atoms with E-state index >= 15 is 0 Å². The smallest absolute Gasteiger partial charge is 0.316 e. The first-order chi connectivity index (χ1) is 15.6. The maximum atomic E-state index is 13.5. The maximum Gasteiger partial charge on any atom is 0.316 e. The zero-order valence-corrected chi connectivity index (χ0v) is 19.8. The molecule has 0 saturated heterocycles. The fourth-order valence-corrected chi connectivity index (χ4v) is 5.32. The molecule has 6 nitrogen and oxygen atoms in total. The molecule has 0 atom stereocenters. The van der Waals surface area contributed by atoms with E-state index in [-0.39, 0.29) is 17.3 Å². The highest BCUT2D eigenvalue weighted by Crippen LogP contribution is 2.24. The number of fused-ring (bicyclic) bond motifs is 1. The molecule has 0 radical (unpaired) electrons. The quantitative estimate of drug-likeness (QED) is 0.156. The zero-order chi connectivity index (χ0) is 22.5. The van der Waals surface area contributed by atoms with Gasteiger partial charge < -0.3 is 9.30 Å². The van der Waals surface area contributed by atoms with Crippen molar-refractivity contribution in [1.29, 1.82) is 0 Å². The molecule has 2 aromatic heterocycles. The topological polar surface area (TPSA) is 66.1 Å². The first-order valence-electron chi connectivity index (χ1n) is 10.1. The molecule has 2 heterocycles. The van der Waals surface area contributed by atoms with Crippen LogP contribution in [0.25, 0.3) is 10.3 Å². The van der Waals surface area contributed by atoms with E-state index in [0.29, 0.717) is 39.2 Å². The van der Waals surface area contributed by atoms with Gasteiger partial charge in [0.2, 0.25) is 0 Å². The molecule has 0 saturated carbocycles. The Morgan fingerprint density at radius 2 is 1.62 bits per heavy atom. The van der Waals surface area contributed by atoms with Crippen molar-refractivity contribution in [3.63, 3.8) is 0 Å². The van der Waals surface area contributed by atoms with Crippen molar-refractivity contribution in [1.82, 2.24) is 14.1 Å². The van der Waals surface area contributed by atoms with Crippen molar-refractivity contribution in [3.8, 4) is 0 Å². The molecule has 164 valence electrons. The van der Waals surface area contributed by atoms with Gasteiger partial charge in [0.05, 0.1) is 25.4 Å². The maximum absolute atomic E-state index is 13.5. The number of hydrogen-bond donors (Lipinski definition) is 0. The van der Waals surface area contributed by atoms with Crippen molar-refractivity contribution >= 4 is 51.6 Å². The molecule has 0 bridgehead atoms. The van der Waals surface area contributed by atoms with Gasteiger partial charge in [-0.05, 0) is 30.3 Å². The van der Waals surface area contributed by atoms with E-state index in [2.05, 4.69) is 0 Å². The second-order valence-electron chi connectivity index (χ2n) is 6.96. The number of ether oxygens (including phenoxy) is 1. The summed E-state index contributed by atoms with van der Waals surface area (Å²) in [6, 6.07) is 19.6. The summed E-state index contributed by atoms with van der Waals surface area (Å²) in [6.45, 7) is 2.96. The minimum absolute atomic E-state index is 0.0735. The van der Waals surface area contributed by atoms with Gasteiger partial charge in [0.1, 0.15) is 4.70 Å². The van der Waals surface area contributed by atoms with Gasteiger partial charge in [-0.2, -0.15) is 0 Å². The third kappa shape index (κ3) is 5.01. The summed E-state index contributed by atoms with van der Waals surface area (Å²) in [5.74, 6) is -0.269. The number of benzene rings is 2. The normalized spacial score (nSPS) is 11.0. The molecule has 0 fully saturated rings. The fraction of sp³-hybridized carbons (Fsp3) is 0.217. The molecular formula is C23H21N3O3S3. The van der Waals surface area contributed by atoms with E-state index in [1.165, 1.54) is 23.1 Å². The van der Waals surface area contributed by atoms with Gasteiger partial charge in [-0.15, -0.1) is 0 Å². The van der Waals surface area contributed by atoms with Crippen LogP contribution in [0.2, 0.25) is 0 Å². The molecule has 0 aliphatic carbocycles. The van der Waals surface area contributed by atoms with Gasteiger partial charge in [0.15, 0.2) is 14.8 Å². The lowest BCUT2D eigenvalue weighted by molar-refractivity contribution is -0.139. The van der Waals surface area contributed by atoms with Crippen LogP contribution in [0.15, 0.2) is 70.6 Å². The minimum atomic E-state index is -0.343. The fourth-order valence-electron chi connectivity index (χ4n) is 3.26. The first kappa shape index (κ1) is 22.4. The number of rotatable bonds is 8. The van der Waals surface area contributed by atoms with E-state index in [1.54, 1.807) is 11.5 Å². The molecule has 0 amide bonds. The summed E-state index contributed by atoms with van der Waals surface area (Å²) >= 11 is 8.05. The van der Waals surface area contributed by atoms with Gasteiger partial charge in [-0.3, -0.25) is 14.2 Å². The third-order valence-electron chi connectivity index (χ3n) is 4.73. The second-order valence-corrected chi connectivity index (χ2v) is 9.54. The number of hydrogen-bond acceptors (Lipinski definition) is 7. The Balaban J connectivity index is 1.80. The molecule has 4 rings (SSSR count). The Morgan fingerprint density at radius 1 is 1.03 bits per heavy atom. The summed E-state index contributed by atoms with van der Waals surface area (Å²) in [5.41, 5.74) is 2.43. The largest absolute Gasteiger partial charge is 0.465 e. The van der Waals surface area contributed by atoms with Crippen LogP contribution in [0, 0.1) is 3.95 Å². The Kier molecular flexibility index (Phi) is 7.19. The van der Waals surface area contributed by atoms with Crippen LogP contribution in [0.5, 0.6) is 0 Å². The van der Waals surface area contributed by atoms with Crippen molar-refractivity contribution in [2.45, 2.75) is 25.2 Å². The van der Waals surface area contributed by atoms with Gasteiger partial charge in [-0.1, -0.05) is 83.8 Å². The van der Waals surface area contributed by atoms with Crippen LogP contribution < -0.4 is 5.56 Å². The number of carbonyl (C=O) groups excluding carboxylic acids is 1. The molecular weight excluding hydrogens is 462 g/mol. The lowest BCUT2D eigenvalue weighted by Crippen LogP contribution is -2.24. The first-order valence-corrected chi connectivity index (χ1v) is 12.3. The highest BCUT2D eigenvalue weighted by Gasteiger charge is 2.18. The zero-order valence-electron chi connectivity index (χ0n) is 17.4. The molecule has 2 aromatic carbocycles. The summed E-state index contributed by atoms with van der Waals surface area (Å²) < 4.78 is 9.65. The lowest BCUT2D eigenvalue weighted by Gasteiger charge is -2.13. The third-order valence-corrected chi connectivity index (χ3v) is 7.11. The van der Waals surface area contributed by atoms with Crippen molar-refractivity contribution in [2.75, 3.05) is 12.4 Å². The van der Waals surface area contributed by atoms with Crippen molar-refractivity contribution < 1.29 is 9.53 Å². The van der Waals surface area contributed by atoms with E-state index in [9.17, 15) is 9.59 Å². The Bertz CT molecular complexity index is 1350. The second kappa shape index (κ2) is 10.2. The van der Waals surface area contributed by atoms with E-state index in [1.807, 2.05) is 65.2 Å². The van der Waals surface area contributed by atoms with Crippen molar-refractivity contribution in [2.24, 2.45) is 0 Å². The van der Waals surface area contributed by atoms with Crippen LogP contribution in [0.3, 0.4) is 0 Å². The summed E-state index contributed by atoms with van der Waals surface area (Å²) in [6.07, 6.45) is 0. The number of nitrogens with zero attached hydrogens (tertiary/aromatic N) is 3. The highest BCUT2D eigenvalue weighted by atomic mass is 32.2. The van der Waals surface area contributed by atoms with Crippen LogP contribution in [0.4, 0.5) is 0 Å². The molecule has 0 N–H and O–H groups in total. The number of carbonyl (C=O) groups is 1. The van der Waals surface area contributed by atoms with Gasteiger partial charge in [0.25, 0.3) is 5.56 Å². The lowest BCUT2D eigenvalue weighted by atomic mass is 10.2. The molecule has 0 aliphatic rings. The molecule has 9 heteroatoms. The van der Waals surface area contributed by atoms with E-state index in [0.717, 1.165) is 11.1 Å². The van der Waals surface area contributed by atoms with E-state index in [4.69, 9.17) is 21.9 Å².